The molecule has 5 aliphatic rings. The maximum Gasteiger partial charge on any atom is 0.260 e. The van der Waals surface area contributed by atoms with Crippen LogP contribution in [-0.4, -0.2) is 6.71 Å². The van der Waals surface area contributed by atoms with Crippen molar-refractivity contribution < 1.29 is 9.47 Å². The van der Waals surface area contributed by atoms with Crippen LogP contribution in [0.3, 0.4) is 0 Å². The number of benzene rings is 7. The Morgan fingerprint density at radius 1 is 0.426 bits per heavy atom. The summed E-state index contributed by atoms with van der Waals surface area (Å²) in [6, 6.07) is 51.8. The van der Waals surface area contributed by atoms with Gasteiger partial charge in [-0.05, 0) is 129 Å². The molecular weight excluding hydrogens is 743 g/mol. The Morgan fingerprint density at radius 3 is 1.30 bits per heavy atom. The maximum absolute atomic E-state index is 7.33. The van der Waals surface area contributed by atoms with Crippen LogP contribution in [0.2, 0.25) is 0 Å². The molecule has 0 spiro atoms. The van der Waals surface area contributed by atoms with E-state index in [2.05, 4.69) is 205 Å². The predicted molar refractivity (Wildman–Crippen MR) is 253 cm³/mol. The molecule has 0 fully saturated rings. The molecule has 300 valence electrons. The molecule has 0 radical (unpaired) electrons. The first-order valence-electron chi connectivity index (χ1n) is 22.1. The van der Waals surface area contributed by atoms with Crippen LogP contribution >= 0.6 is 0 Å². The number of fused-ring (bicyclic) bond motifs is 10. The lowest BCUT2D eigenvalue weighted by atomic mass is 9.34. The molecule has 61 heavy (non-hydrogen) atoms. The second-order valence-electron chi connectivity index (χ2n) is 20.4. The third-order valence-electron chi connectivity index (χ3n) is 15.2. The normalized spacial score (nSPS) is 18.4. The molecule has 0 aromatic heterocycles. The minimum atomic E-state index is -0.147. The molecular formula is C56H51BN2O2. The molecule has 0 unspecified atom stereocenters. The molecule has 12 rings (SSSR count). The van der Waals surface area contributed by atoms with Crippen molar-refractivity contribution in [2.24, 2.45) is 0 Å². The van der Waals surface area contributed by atoms with E-state index in [4.69, 9.17) is 9.47 Å². The Labute approximate surface area is 360 Å². The van der Waals surface area contributed by atoms with Crippen LogP contribution in [0.5, 0.6) is 23.0 Å². The number of nitrogens with zero attached hydrogens (tertiary/aromatic N) is 2. The van der Waals surface area contributed by atoms with E-state index in [0.29, 0.717) is 0 Å². The van der Waals surface area contributed by atoms with Crippen LogP contribution < -0.4 is 35.7 Å². The van der Waals surface area contributed by atoms with Gasteiger partial charge in [0.2, 0.25) is 0 Å². The van der Waals surface area contributed by atoms with Gasteiger partial charge >= 0.3 is 0 Å². The fourth-order valence-electron chi connectivity index (χ4n) is 11.8. The van der Waals surface area contributed by atoms with Gasteiger partial charge in [0, 0.05) is 33.2 Å². The highest BCUT2D eigenvalue weighted by Crippen LogP contribution is 2.56. The summed E-state index contributed by atoms with van der Waals surface area (Å²) in [4.78, 5) is 4.93. The standard InChI is InChI=1S/C56H51BN2O2/c1-53(2)29-30-54(3,4)50-40(53)33-49-51-52(50)61-48-28-26-35(59-45-23-15-11-19-38(45)56(7,8)39-20-12-16-24-46(39)59)32-42(48)57(51)41-31-34(25-27-47(41)60-49)58-43-21-13-9-17-36(43)55(5,6)37-18-10-14-22-44(37)58/h9-28,31-33H,29-30H2,1-8H3. The first-order chi connectivity index (χ1) is 29.3. The van der Waals surface area contributed by atoms with E-state index in [1.54, 1.807) is 0 Å². The van der Waals surface area contributed by atoms with Crippen molar-refractivity contribution in [2.75, 3.05) is 9.80 Å². The fourth-order valence-corrected chi connectivity index (χ4v) is 11.8. The summed E-state index contributed by atoms with van der Waals surface area (Å²) in [7, 11) is 0. The van der Waals surface area contributed by atoms with Gasteiger partial charge < -0.3 is 19.3 Å². The lowest BCUT2D eigenvalue weighted by Crippen LogP contribution is -2.58. The highest BCUT2D eigenvalue weighted by Gasteiger charge is 2.49. The second-order valence-corrected chi connectivity index (χ2v) is 20.4. The molecule has 0 saturated carbocycles. The zero-order valence-corrected chi connectivity index (χ0v) is 36.5. The molecule has 0 saturated heterocycles. The van der Waals surface area contributed by atoms with Crippen LogP contribution in [0.1, 0.15) is 102 Å². The number of rotatable bonds is 2. The van der Waals surface area contributed by atoms with Gasteiger partial charge in [-0.1, -0.05) is 128 Å². The Hall–Kier alpha value is -6.20. The van der Waals surface area contributed by atoms with E-state index in [1.165, 1.54) is 56.1 Å². The highest BCUT2D eigenvalue weighted by atomic mass is 16.5. The van der Waals surface area contributed by atoms with Gasteiger partial charge in [0.1, 0.15) is 23.0 Å². The van der Waals surface area contributed by atoms with Crippen LogP contribution in [0.15, 0.2) is 140 Å². The first-order valence-corrected chi connectivity index (χ1v) is 22.1. The van der Waals surface area contributed by atoms with Crippen molar-refractivity contribution in [3.05, 3.63) is 173 Å². The van der Waals surface area contributed by atoms with Crippen LogP contribution in [0.4, 0.5) is 34.1 Å². The average Bonchev–Trinajstić information content (AvgIpc) is 3.25. The van der Waals surface area contributed by atoms with E-state index in [1.807, 2.05) is 0 Å². The molecule has 7 aromatic carbocycles. The van der Waals surface area contributed by atoms with Gasteiger partial charge in [0.25, 0.3) is 6.71 Å². The van der Waals surface area contributed by atoms with Crippen molar-refractivity contribution in [2.45, 2.75) is 89.9 Å². The summed E-state index contributed by atoms with van der Waals surface area (Å²) in [5.41, 5.74) is 18.1. The van der Waals surface area contributed by atoms with Crippen LogP contribution in [0, 0.1) is 0 Å². The Bertz CT molecular complexity index is 2810. The molecule has 1 aliphatic carbocycles. The third-order valence-corrected chi connectivity index (χ3v) is 15.2. The first kappa shape index (κ1) is 36.6. The van der Waals surface area contributed by atoms with Crippen molar-refractivity contribution in [3.8, 4) is 23.0 Å². The summed E-state index contributed by atoms with van der Waals surface area (Å²) in [5.74, 6) is 3.70. The molecule has 0 atom stereocenters. The number of anilines is 6. The van der Waals surface area contributed by atoms with Gasteiger partial charge in [0.15, 0.2) is 0 Å². The number of para-hydroxylation sites is 4. The zero-order chi connectivity index (χ0) is 41.8. The van der Waals surface area contributed by atoms with E-state index >= 15 is 0 Å². The Morgan fingerprint density at radius 2 is 0.836 bits per heavy atom. The maximum atomic E-state index is 7.33. The molecule has 0 amide bonds. The van der Waals surface area contributed by atoms with Gasteiger partial charge in [0.05, 0.1) is 22.7 Å². The van der Waals surface area contributed by atoms with Crippen molar-refractivity contribution in [3.63, 3.8) is 0 Å². The summed E-state index contributed by atoms with van der Waals surface area (Å²) < 4.78 is 14.5. The molecule has 4 aliphatic heterocycles. The third kappa shape index (κ3) is 4.95. The highest BCUT2D eigenvalue weighted by molar-refractivity contribution is 6.98. The largest absolute Gasteiger partial charge is 0.458 e. The van der Waals surface area contributed by atoms with Crippen LogP contribution in [-0.2, 0) is 21.7 Å². The van der Waals surface area contributed by atoms with E-state index in [0.717, 1.165) is 63.6 Å². The smallest absolute Gasteiger partial charge is 0.260 e. The summed E-state index contributed by atoms with van der Waals surface area (Å²) >= 11 is 0. The quantitative estimate of drug-likeness (QED) is 0.163. The number of hydrogen-bond acceptors (Lipinski definition) is 4. The average molecular weight is 795 g/mol. The molecule has 5 heteroatoms. The number of hydrogen-bond donors (Lipinski definition) is 0. The summed E-state index contributed by atoms with van der Waals surface area (Å²) in [6.07, 6.45) is 2.20. The molecule has 0 bridgehead atoms. The molecule has 7 aromatic rings. The molecule has 4 nitrogen and oxygen atoms in total. The second kappa shape index (κ2) is 12.2. The fraction of sp³-hybridized carbons (Fsp3) is 0.250. The zero-order valence-electron chi connectivity index (χ0n) is 36.5. The number of ether oxygens (including phenoxy) is 2. The van der Waals surface area contributed by atoms with Gasteiger partial charge in [-0.2, -0.15) is 0 Å². The van der Waals surface area contributed by atoms with Gasteiger partial charge in [-0.15, -0.1) is 0 Å². The lowest BCUT2D eigenvalue weighted by molar-refractivity contribution is 0.318. The topological polar surface area (TPSA) is 24.9 Å². The van der Waals surface area contributed by atoms with E-state index in [9.17, 15) is 0 Å². The van der Waals surface area contributed by atoms with Gasteiger partial charge in [-0.25, -0.2) is 0 Å². The molecule has 0 N–H and O–H groups in total. The summed E-state index contributed by atoms with van der Waals surface area (Å²) in [6.45, 7) is 18.8. The molecule has 4 heterocycles. The van der Waals surface area contributed by atoms with Crippen LogP contribution in [0.25, 0.3) is 0 Å². The Balaban J connectivity index is 1.11. The van der Waals surface area contributed by atoms with Crippen molar-refractivity contribution >= 4 is 57.2 Å². The van der Waals surface area contributed by atoms with Crippen molar-refractivity contribution in [1.29, 1.82) is 0 Å². The lowest BCUT2D eigenvalue weighted by Gasteiger charge is -2.46. The van der Waals surface area contributed by atoms with E-state index < -0.39 is 0 Å². The van der Waals surface area contributed by atoms with E-state index in [-0.39, 0.29) is 28.4 Å². The predicted octanol–water partition coefficient (Wildman–Crippen LogP) is 13.0. The monoisotopic (exact) mass is 794 g/mol. The van der Waals surface area contributed by atoms with Crippen molar-refractivity contribution in [1.82, 2.24) is 0 Å². The SMILES string of the molecule is CC1(C)CCC(C)(C)c2c1cc1c3c2Oc2ccc(N4c5ccccc5C(C)(C)c5ccccc54)cc2B3c2cc(N3c4ccccc4C(C)(C)c4ccccc43)ccc2O1. The minimum absolute atomic E-state index is 0.0154. The summed E-state index contributed by atoms with van der Waals surface area (Å²) in [5, 5.41) is 0. The van der Waals surface area contributed by atoms with Gasteiger partial charge in [-0.3, -0.25) is 0 Å². The minimum Gasteiger partial charge on any atom is -0.458 e. The Kier molecular flexibility index (Phi) is 7.34.